The van der Waals surface area contributed by atoms with Crippen LogP contribution in [0.2, 0.25) is 0 Å². The highest BCUT2D eigenvalue weighted by Gasteiger charge is 2.43. The van der Waals surface area contributed by atoms with Crippen molar-refractivity contribution in [3.05, 3.63) is 0 Å². The number of carboxylic acid groups (broad SMARTS) is 2. The van der Waals surface area contributed by atoms with Crippen LogP contribution < -0.4 is 0 Å². The largest absolute Gasteiger partial charge is 0.481 e. The number of carbonyl (C=O) groups is 3. The van der Waals surface area contributed by atoms with E-state index in [0.717, 1.165) is 0 Å². The van der Waals surface area contributed by atoms with Gasteiger partial charge in [-0.15, -0.1) is 0 Å². The van der Waals surface area contributed by atoms with E-state index in [2.05, 4.69) is 0 Å². The zero-order valence-electron chi connectivity index (χ0n) is 13.7. The fourth-order valence-corrected chi connectivity index (χ4v) is 2.80. The summed E-state index contributed by atoms with van der Waals surface area (Å²) >= 11 is 0. The van der Waals surface area contributed by atoms with Crippen molar-refractivity contribution in [1.29, 1.82) is 0 Å². The van der Waals surface area contributed by atoms with E-state index < -0.39 is 48.0 Å². The van der Waals surface area contributed by atoms with E-state index in [1.54, 1.807) is 20.8 Å². The summed E-state index contributed by atoms with van der Waals surface area (Å²) in [5.74, 6) is -2.99. The highest BCUT2D eigenvalue weighted by atomic mass is 16.6. The third kappa shape index (κ3) is 6.05. The number of likely N-dealkylation sites (tertiary alicyclic amines) is 1. The molecule has 8 heteroatoms. The van der Waals surface area contributed by atoms with E-state index in [9.17, 15) is 19.5 Å². The molecule has 0 spiro atoms. The van der Waals surface area contributed by atoms with Gasteiger partial charge in [-0.05, 0) is 39.5 Å². The molecule has 1 rings (SSSR count). The standard InChI is InChI=1S/C15H25NO7/c1-14(2,3)23-13(21)16-6-4-10(5-7-16)15(22,8-11(17)18)9-12(19)20/h10,22H,4-9H2,1-3H3,(H,17,18)(H,19,20). The zero-order valence-corrected chi connectivity index (χ0v) is 13.7. The highest BCUT2D eigenvalue weighted by molar-refractivity contribution is 5.73. The lowest BCUT2D eigenvalue weighted by molar-refractivity contribution is -0.154. The molecule has 23 heavy (non-hydrogen) atoms. The SMILES string of the molecule is CC(C)(C)OC(=O)N1CCC(C(O)(CC(=O)O)CC(=O)O)CC1. The molecule has 0 aromatic rings. The first-order valence-corrected chi connectivity index (χ1v) is 7.57. The summed E-state index contributed by atoms with van der Waals surface area (Å²) in [5, 5.41) is 28.3. The molecule has 1 heterocycles. The summed E-state index contributed by atoms with van der Waals surface area (Å²) in [6, 6.07) is 0. The Bertz CT molecular complexity index is 445. The molecule has 1 aliphatic heterocycles. The molecule has 1 saturated heterocycles. The molecule has 1 amide bonds. The first-order valence-electron chi connectivity index (χ1n) is 7.57. The number of ether oxygens (including phenoxy) is 1. The summed E-state index contributed by atoms with van der Waals surface area (Å²) in [6.45, 7) is 5.87. The first-order chi connectivity index (χ1) is 10.4. The minimum atomic E-state index is -1.81. The van der Waals surface area contributed by atoms with Gasteiger partial charge in [0.15, 0.2) is 0 Å². The Morgan fingerprint density at radius 2 is 1.48 bits per heavy atom. The van der Waals surface area contributed by atoms with Gasteiger partial charge in [0.1, 0.15) is 5.60 Å². The Morgan fingerprint density at radius 1 is 1.04 bits per heavy atom. The van der Waals surface area contributed by atoms with Crippen LogP contribution in [0.3, 0.4) is 0 Å². The molecule has 0 aliphatic carbocycles. The predicted molar refractivity (Wildman–Crippen MR) is 80.0 cm³/mol. The third-order valence-corrected chi connectivity index (χ3v) is 3.82. The Balaban J connectivity index is 2.69. The molecule has 0 aromatic carbocycles. The Kier molecular flexibility index (Phi) is 5.98. The second-order valence-corrected chi connectivity index (χ2v) is 6.99. The number of hydrogen-bond acceptors (Lipinski definition) is 5. The lowest BCUT2D eigenvalue weighted by atomic mass is 9.76. The highest BCUT2D eigenvalue weighted by Crippen LogP contribution is 2.34. The van der Waals surface area contributed by atoms with Crippen molar-refractivity contribution in [1.82, 2.24) is 4.90 Å². The zero-order chi connectivity index (χ0) is 17.8. The van der Waals surface area contributed by atoms with Gasteiger partial charge in [0.05, 0.1) is 18.4 Å². The van der Waals surface area contributed by atoms with E-state index in [-0.39, 0.29) is 0 Å². The lowest BCUT2D eigenvalue weighted by Gasteiger charge is -2.40. The van der Waals surface area contributed by atoms with Crippen LogP contribution in [0.5, 0.6) is 0 Å². The smallest absolute Gasteiger partial charge is 0.410 e. The Morgan fingerprint density at radius 3 is 1.83 bits per heavy atom. The molecule has 0 atom stereocenters. The first kappa shape index (κ1) is 19.2. The molecule has 1 fully saturated rings. The number of aliphatic hydroxyl groups is 1. The molecule has 0 unspecified atom stereocenters. The molecule has 0 bridgehead atoms. The topological polar surface area (TPSA) is 124 Å². The van der Waals surface area contributed by atoms with Crippen LogP contribution >= 0.6 is 0 Å². The minimum absolute atomic E-state index is 0.293. The fourth-order valence-electron chi connectivity index (χ4n) is 2.80. The number of carbonyl (C=O) groups excluding carboxylic acids is 1. The van der Waals surface area contributed by atoms with Crippen LogP contribution in [-0.2, 0) is 14.3 Å². The molecule has 0 saturated carbocycles. The second kappa shape index (κ2) is 7.16. The maximum atomic E-state index is 12.0. The Labute approximate surface area is 135 Å². The second-order valence-electron chi connectivity index (χ2n) is 6.99. The molecule has 8 nitrogen and oxygen atoms in total. The van der Waals surface area contributed by atoms with Gasteiger partial charge >= 0.3 is 18.0 Å². The average Bonchev–Trinajstić information content (AvgIpc) is 2.34. The predicted octanol–water partition coefficient (Wildman–Crippen LogP) is 1.31. The van der Waals surface area contributed by atoms with Gasteiger partial charge in [0.25, 0.3) is 0 Å². The molecule has 1 aliphatic rings. The quantitative estimate of drug-likeness (QED) is 0.693. The summed E-state index contributed by atoms with van der Waals surface area (Å²) in [4.78, 5) is 35.3. The average molecular weight is 331 g/mol. The van der Waals surface area contributed by atoms with Gasteiger partial charge in [0, 0.05) is 13.1 Å². The monoisotopic (exact) mass is 331 g/mol. The van der Waals surface area contributed by atoms with Crippen LogP contribution in [0.25, 0.3) is 0 Å². The number of aliphatic carboxylic acids is 2. The molecule has 0 aromatic heterocycles. The minimum Gasteiger partial charge on any atom is -0.481 e. The van der Waals surface area contributed by atoms with Gasteiger partial charge in [0.2, 0.25) is 0 Å². The van der Waals surface area contributed by atoms with Gasteiger partial charge < -0.3 is 25.0 Å². The van der Waals surface area contributed by atoms with E-state index in [1.165, 1.54) is 4.90 Å². The van der Waals surface area contributed by atoms with Crippen LogP contribution in [-0.4, -0.2) is 62.5 Å². The third-order valence-electron chi connectivity index (χ3n) is 3.82. The molecule has 3 N–H and O–H groups in total. The van der Waals surface area contributed by atoms with Crippen LogP contribution in [0.1, 0.15) is 46.5 Å². The molecule has 132 valence electrons. The molecule has 0 radical (unpaired) electrons. The van der Waals surface area contributed by atoms with Gasteiger partial charge in [-0.3, -0.25) is 9.59 Å². The summed E-state index contributed by atoms with van der Waals surface area (Å²) < 4.78 is 5.26. The number of rotatable bonds is 5. The number of carboxylic acids is 2. The van der Waals surface area contributed by atoms with Crippen molar-refractivity contribution in [2.45, 2.75) is 57.7 Å². The summed E-state index contributed by atoms with van der Waals surface area (Å²) in [5.41, 5.74) is -2.42. The van der Waals surface area contributed by atoms with Gasteiger partial charge in [-0.25, -0.2) is 4.79 Å². The van der Waals surface area contributed by atoms with Crippen molar-refractivity contribution >= 4 is 18.0 Å². The molecular formula is C15H25NO7. The van der Waals surface area contributed by atoms with Crippen LogP contribution in [0.15, 0.2) is 0 Å². The fraction of sp³-hybridized carbons (Fsp3) is 0.800. The maximum absolute atomic E-state index is 12.0. The lowest BCUT2D eigenvalue weighted by Crippen LogP contribution is -2.49. The molecular weight excluding hydrogens is 306 g/mol. The summed E-state index contributed by atoms with van der Waals surface area (Å²) in [6.07, 6.45) is -1.06. The number of piperidine rings is 1. The number of amides is 1. The van der Waals surface area contributed by atoms with Crippen molar-refractivity contribution in [3.8, 4) is 0 Å². The van der Waals surface area contributed by atoms with Crippen molar-refractivity contribution < 1.29 is 34.4 Å². The van der Waals surface area contributed by atoms with Crippen molar-refractivity contribution in [2.24, 2.45) is 5.92 Å². The number of hydrogen-bond donors (Lipinski definition) is 3. The van der Waals surface area contributed by atoms with E-state index in [0.29, 0.717) is 25.9 Å². The van der Waals surface area contributed by atoms with E-state index in [4.69, 9.17) is 14.9 Å². The van der Waals surface area contributed by atoms with E-state index in [1.807, 2.05) is 0 Å². The number of nitrogens with zero attached hydrogens (tertiary/aromatic N) is 1. The maximum Gasteiger partial charge on any atom is 0.410 e. The van der Waals surface area contributed by atoms with E-state index >= 15 is 0 Å². The summed E-state index contributed by atoms with van der Waals surface area (Å²) in [7, 11) is 0. The van der Waals surface area contributed by atoms with Crippen LogP contribution in [0, 0.1) is 5.92 Å². The van der Waals surface area contributed by atoms with Crippen LogP contribution in [0.4, 0.5) is 4.79 Å². The van der Waals surface area contributed by atoms with Crippen molar-refractivity contribution in [3.63, 3.8) is 0 Å². The Hall–Kier alpha value is -1.83. The van der Waals surface area contributed by atoms with Gasteiger partial charge in [-0.2, -0.15) is 0 Å². The normalized spacial score (nSPS) is 17.0. The van der Waals surface area contributed by atoms with Gasteiger partial charge in [-0.1, -0.05) is 0 Å². The van der Waals surface area contributed by atoms with Crippen molar-refractivity contribution in [2.75, 3.05) is 13.1 Å².